The van der Waals surface area contributed by atoms with Crippen LogP contribution in [0.25, 0.3) is 0 Å². The number of aliphatic hydroxyl groups excluding tert-OH is 1. The summed E-state index contributed by atoms with van der Waals surface area (Å²) >= 11 is 6.52. The predicted octanol–water partition coefficient (Wildman–Crippen LogP) is 1.93. The number of aromatic nitrogens is 2. The van der Waals surface area contributed by atoms with Crippen molar-refractivity contribution in [2.75, 3.05) is 6.61 Å². The summed E-state index contributed by atoms with van der Waals surface area (Å²) in [6, 6.07) is 8.18. The van der Waals surface area contributed by atoms with E-state index in [1.54, 1.807) is 44.2 Å². The number of esters is 1. The Morgan fingerprint density at radius 2 is 1.94 bits per heavy atom. The van der Waals surface area contributed by atoms with Gasteiger partial charge in [0.05, 0.1) is 12.7 Å². The van der Waals surface area contributed by atoms with Crippen LogP contribution in [-0.4, -0.2) is 56.5 Å². The summed E-state index contributed by atoms with van der Waals surface area (Å²) in [6.07, 6.45) is -2.92. The molecule has 0 amide bonds. The Hall–Kier alpha value is -2.47. The molecule has 1 saturated heterocycles. The van der Waals surface area contributed by atoms with Crippen LogP contribution in [0.5, 0.6) is 5.75 Å². The number of aliphatic hydroxyl groups is 1. The highest BCUT2D eigenvalue weighted by Crippen LogP contribution is 2.48. The zero-order chi connectivity index (χ0) is 26.7. The van der Waals surface area contributed by atoms with Crippen molar-refractivity contribution in [1.29, 1.82) is 0 Å². The maximum atomic E-state index is 13.6. The quantitative estimate of drug-likeness (QED) is 0.229. The molecule has 4 unspecified atom stereocenters. The van der Waals surface area contributed by atoms with Gasteiger partial charge in [0.15, 0.2) is 6.23 Å². The lowest BCUT2D eigenvalue weighted by molar-refractivity contribution is -0.149. The number of aromatic amines is 1. The van der Waals surface area contributed by atoms with Crippen LogP contribution in [0.4, 0.5) is 0 Å². The van der Waals surface area contributed by atoms with Crippen LogP contribution in [0.1, 0.15) is 33.9 Å². The molecule has 0 radical (unpaired) electrons. The Labute approximate surface area is 212 Å². The highest BCUT2D eigenvalue weighted by atomic mass is 35.5. The second kappa shape index (κ2) is 11.3. The van der Waals surface area contributed by atoms with Crippen molar-refractivity contribution in [3.63, 3.8) is 0 Å². The molecule has 198 valence electrons. The van der Waals surface area contributed by atoms with Crippen LogP contribution in [0, 0.1) is 0 Å². The second-order valence-electron chi connectivity index (χ2n) is 8.67. The summed E-state index contributed by atoms with van der Waals surface area (Å²) in [6.45, 7) is 5.75. The number of nitrogens with one attached hydrogen (secondary N) is 2. The van der Waals surface area contributed by atoms with Crippen LogP contribution < -0.4 is 20.9 Å². The maximum Gasteiger partial charge on any atom is 0.459 e. The standard InChI is InChI=1S/C22H29ClN3O9P/c1-13(2)33-19(29)14(3)25-36(31,35-15-8-6-5-7-9-15)32-12-16-18(28)22(4,23)20(34-16)26-11-10-17(27)24-21(26)30/h5-11,13-14,16,18,20,28H,12H2,1-4H3,(H,25,31)(H,24,27,30)/t14?,16?,18?,20?,22-,36-/m1/s1. The van der Waals surface area contributed by atoms with Gasteiger partial charge in [0, 0.05) is 12.3 Å². The molecule has 0 bridgehead atoms. The average molecular weight is 546 g/mol. The highest BCUT2D eigenvalue weighted by molar-refractivity contribution is 7.52. The predicted molar refractivity (Wildman–Crippen MR) is 130 cm³/mol. The lowest BCUT2D eigenvalue weighted by Crippen LogP contribution is -2.43. The number of hydrogen-bond donors (Lipinski definition) is 3. The summed E-state index contributed by atoms with van der Waals surface area (Å²) < 4.78 is 36.7. The van der Waals surface area contributed by atoms with Crippen LogP contribution >= 0.6 is 19.3 Å². The number of alkyl halides is 1. The number of H-pyrrole nitrogens is 1. The Morgan fingerprint density at radius 1 is 1.28 bits per heavy atom. The largest absolute Gasteiger partial charge is 0.462 e. The van der Waals surface area contributed by atoms with Crippen molar-refractivity contribution in [3.05, 3.63) is 63.4 Å². The van der Waals surface area contributed by atoms with Crippen molar-refractivity contribution < 1.29 is 33.0 Å². The number of hydrogen-bond acceptors (Lipinski definition) is 9. The van der Waals surface area contributed by atoms with Crippen LogP contribution in [0.2, 0.25) is 0 Å². The van der Waals surface area contributed by atoms with Gasteiger partial charge in [-0.2, -0.15) is 5.09 Å². The molecule has 1 aromatic heterocycles. The number of ether oxygens (including phenoxy) is 2. The molecule has 1 aliphatic heterocycles. The topological polar surface area (TPSA) is 158 Å². The van der Waals surface area contributed by atoms with Crippen molar-refractivity contribution in [3.8, 4) is 5.75 Å². The highest BCUT2D eigenvalue weighted by Gasteiger charge is 2.54. The third-order valence-corrected chi connectivity index (χ3v) is 7.31. The molecule has 12 nitrogen and oxygen atoms in total. The van der Waals surface area contributed by atoms with Gasteiger partial charge >= 0.3 is 19.4 Å². The number of carbonyl (C=O) groups is 1. The molecular formula is C22H29ClN3O9P. The van der Waals surface area contributed by atoms with Gasteiger partial charge in [-0.25, -0.2) is 9.36 Å². The van der Waals surface area contributed by atoms with E-state index >= 15 is 0 Å². The molecule has 3 rings (SSSR count). The Bertz CT molecular complexity index is 1220. The van der Waals surface area contributed by atoms with E-state index in [1.807, 2.05) is 0 Å². The average Bonchev–Trinajstić information content (AvgIpc) is 3.01. The first-order chi connectivity index (χ1) is 16.8. The van der Waals surface area contributed by atoms with E-state index in [1.165, 1.54) is 20.0 Å². The fourth-order valence-corrected chi connectivity index (χ4v) is 5.27. The van der Waals surface area contributed by atoms with E-state index < -0.39 is 67.0 Å². The summed E-state index contributed by atoms with van der Waals surface area (Å²) in [7, 11) is -4.22. The number of nitrogens with zero attached hydrogens (tertiary/aromatic N) is 1. The molecule has 1 aliphatic rings. The van der Waals surface area contributed by atoms with Gasteiger partial charge in [-0.3, -0.25) is 23.7 Å². The molecule has 3 N–H and O–H groups in total. The second-order valence-corrected chi connectivity index (χ2v) is 11.2. The SMILES string of the molecule is CC(C)OC(=O)C(C)N[P@@](=O)(OCC1OC(n2ccc(=O)[nH]c2=O)[C@](C)(Cl)C1O)Oc1ccccc1. The van der Waals surface area contributed by atoms with Gasteiger partial charge < -0.3 is 19.1 Å². The van der Waals surface area contributed by atoms with Gasteiger partial charge in [0.1, 0.15) is 28.9 Å². The first kappa shape index (κ1) is 28.1. The van der Waals surface area contributed by atoms with Crippen molar-refractivity contribution in [2.45, 2.75) is 63.2 Å². The fourth-order valence-electron chi connectivity index (χ4n) is 3.47. The number of carbonyl (C=O) groups excluding carboxylic acids is 1. The zero-order valence-electron chi connectivity index (χ0n) is 20.1. The summed E-state index contributed by atoms with van der Waals surface area (Å²) in [5, 5.41) is 13.3. The number of para-hydroxylation sites is 1. The van der Waals surface area contributed by atoms with Crippen LogP contribution in [-0.2, 0) is 23.4 Å². The van der Waals surface area contributed by atoms with E-state index in [0.717, 1.165) is 10.6 Å². The first-order valence-corrected chi connectivity index (χ1v) is 13.1. The molecule has 6 atom stereocenters. The fraction of sp³-hybridized carbons (Fsp3) is 0.500. The molecular weight excluding hydrogens is 517 g/mol. The number of benzene rings is 1. The number of halogens is 1. The molecule has 0 spiro atoms. The Morgan fingerprint density at radius 3 is 2.56 bits per heavy atom. The van der Waals surface area contributed by atoms with Crippen LogP contribution in [0.3, 0.4) is 0 Å². The van der Waals surface area contributed by atoms with E-state index in [9.17, 15) is 24.1 Å². The van der Waals surface area contributed by atoms with E-state index in [0.29, 0.717) is 0 Å². The van der Waals surface area contributed by atoms with Crippen molar-refractivity contribution in [2.24, 2.45) is 0 Å². The van der Waals surface area contributed by atoms with E-state index in [2.05, 4.69) is 10.1 Å². The van der Waals surface area contributed by atoms with Gasteiger partial charge in [0.2, 0.25) is 0 Å². The zero-order valence-corrected chi connectivity index (χ0v) is 21.8. The molecule has 1 fully saturated rings. The molecule has 0 aliphatic carbocycles. The first-order valence-electron chi connectivity index (χ1n) is 11.1. The Balaban J connectivity index is 1.80. The van der Waals surface area contributed by atoms with Crippen LogP contribution in [0.15, 0.2) is 52.2 Å². The molecule has 2 heterocycles. The minimum atomic E-state index is -4.22. The third-order valence-electron chi connectivity index (χ3n) is 5.26. The summed E-state index contributed by atoms with van der Waals surface area (Å²) in [5.41, 5.74) is -1.40. The maximum absolute atomic E-state index is 13.6. The lowest BCUT2D eigenvalue weighted by atomic mass is 10.0. The van der Waals surface area contributed by atoms with E-state index in [-0.39, 0.29) is 5.75 Å². The minimum absolute atomic E-state index is 0.200. The number of rotatable bonds is 10. The monoisotopic (exact) mass is 545 g/mol. The van der Waals surface area contributed by atoms with Gasteiger partial charge in [0.25, 0.3) is 5.56 Å². The third kappa shape index (κ3) is 6.64. The molecule has 36 heavy (non-hydrogen) atoms. The molecule has 2 aromatic rings. The smallest absolute Gasteiger partial charge is 0.459 e. The summed E-state index contributed by atoms with van der Waals surface area (Å²) in [4.78, 5) is 36.5. The molecule has 1 aromatic carbocycles. The van der Waals surface area contributed by atoms with Crippen molar-refractivity contribution in [1.82, 2.24) is 14.6 Å². The lowest BCUT2D eigenvalue weighted by Gasteiger charge is -2.26. The molecule has 14 heteroatoms. The van der Waals surface area contributed by atoms with Gasteiger partial charge in [-0.05, 0) is 39.8 Å². The minimum Gasteiger partial charge on any atom is -0.462 e. The van der Waals surface area contributed by atoms with Gasteiger partial charge in [-0.1, -0.05) is 18.2 Å². The van der Waals surface area contributed by atoms with Gasteiger partial charge in [-0.15, -0.1) is 11.6 Å². The normalized spacial score (nSPS) is 26.4. The molecule has 0 saturated carbocycles. The Kier molecular flexibility index (Phi) is 8.81. The van der Waals surface area contributed by atoms with Crippen molar-refractivity contribution >= 4 is 25.3 Å². The van der Waals surface area contributed by atoms with E-state index in [4.69, 9.17) is 30.1 Å². The summed E-state index contributed by atoms with van der Waals surface area (Å²) in [5.74, 6) is -0.473.